The molecule has 1 amide bonds. The van der Waals surface area contributed by atoms with Crippen molar-refractivity contribution >= 4 is 23.4 Å². The van der Waals surface area contributed by atoms with Gasteiger partial charge in [-0.2, -0.15) is 8.78 Å². The van der Waals surface area contributed by atoms with E-state index < -0.39 is 5.76 Å². The zero-order chi connectivity index (χ0) is 13.7. The number of nitrogens with one attached hydrogen (secondary N) is 2. The summed E-state index contributed by atoms with van der Waals surface area (Å²) in [7, 11) is 0. The number of rotatable bonds is 5. The van der Waals surface area contributed by atoms with Crippen LogP contribution in [0.5, 0.6) is 0 Å². The maximum absolute atomic E-state index is 12.1. The summed E-state index contributed by atoms with van der Waals surface area (Å²) in [6.07, 6.45) is 2.59. The van der Waals surface area contributed by atoms with E-state index in [4.69, 9.17) is 0 Å². The van der Waals surface area contributed by atoms with Crippen LogP contribution in [0.2, 0.25) is 0 Å². The van der Waals surface area contributed by atoms with Crippen LogP contribution in [0, 0.1) is 0 Å². The summed E-state index contributed by atoms with van der Waals surface area (Å²) in [5.41, 5.74) is 0.640. The van der Waals surface area contributed by atoms with Crippen molar-refractivity contribution in [1.82, 2.24) is 5.32 Å². The van der Waals surface area contributed by atoms with Gasteiger partial charge in [0.2, 0.25) is 5.91 Å². The van der Waals surface area contributed by atoms with E-state index in [2.05, 4.69) is 10.6 Å². The summed E-state index contributed by atoms with van der Waals surface area (Å²) in [4.78, 5) is 12.2. The molecule has 0 saturated carbocycles. The van der Waals surface area contributed by atoms with Crippen molar-refractivity contribution in [1.29, 1.82) is 0 Å². The van der Waals surface area contributed by atoms with Crippen molar-refractivity contribution in [2.75, 3.05) is 11.9 Å². The number of halogens is 2. The van der Waals surface area contributed by atoms with Gasteiger partial charge >= 0.3 is 0 Å². The number of anilines is 1. The molecule has 1 unspecified atom stereocenters. The summed E-state index contributed by atoms with van der Waals surface area (Å²) in [5.74, 6) is -2.47. The van der Waals surface area contributed by atoms with Gasteiger partial charge in [0.1, 0.15) is 0 Å². The highest BCUT2D eigenvalue weighted by atomic mass is 32.2. The second-order valence-electron chi connectivity index (χ2n) is 4.45. The van der Waals surface area contributed by atoms with Gasteiger partial charge in [0.05, 0.1) is 0 Å². The third-order valence-electron chi connectivity index (χ3n) is 2.96. The zero-order valence-electron chi connectivity index (χ0n) is 10.4. The van der Waals surface area contributed by atoms with Gasteiger partial charge in [-0.05, 0) is 43.7 Å². The standard InChI is InChI=1S/C13H16F2N2OS/c14-13(15)19-11-5-3-9(4-6-11)17-12(18)8-10-2-1-7-16-10/h3-6,10,13,16H,1-2,7-8H2,(H,17,18). The van der Waals surface area contributed by atoms with Gasteiger partial charge in [-0.15, -0.1) is 0 Å². The van der Waals surface area contributed by atoms with Crippen LogP contribution in [0.25, 0.3) is 0 Å². The third-order valence-corrected chi connectivity index (χ3v) is 3.68. The van der Waals surface area contributed by atoms with Crippen molar-refractivity contribution in [3.63, 3.8) is 0 Å². The predicted octanol–water partition coefficient (Wildman–Crippen LogP) is 3.08. The molecule has 3 nitrogen and oxygen atoms in total. The maximum atomic E-state index is 12.1. The first-order chi connectivity index (χ1) is 9.13. The lowest BCUT2D eigenvalue weighted by Gasteiger charge is -2.10. The SMILES string of the molecule is O=C(CC1CCCN1)Nc1ccc(SC(F)F)cc1. The molecule has 6 heteroatoms. The molecule has 0 aliphatic carbocycles. The van der Waals surface area contributed by atoms with E-state index >= 15 is 0 Å². The summed E-state index contributed by atoms with van der Waals surface area (Å²) in [5, 5.41) is 6.03. The fraction of sp³-hybridized carbons (Fsp3) is 0.462. The number of benzene rings is 1. The number of carbonyl (C=O) groups excluding carboxylic acids is 1. The number of carbonyl (C=O) groups is 1. The van der Waals surface area contributed by atoms with E-state index in [1.807, 2.05) is 0 Å². The second-order valence-corrected chi connectivity index (χ2v) is 5.51. The number of alkyl halides is 2. The van der Waals surface area contributed by atoms with E-state index in [0.29, 0.717) is 28.8 Å². The van der Waals surface area contributed by atoms with Crippen molar-refractivity contribution in [2.45, 2.75) is 36.0 Å². The van der Waals surface area contributed by atoms with Gasteiger partial charge in [0, 0.05) is 23.0 Å². The summed E-state index contributed by atoms with van der Waals surface area (Å²) >= 11 is 0.496. The molecule has 19 heavy (non-hydrogen) atoms. The van der Waals surface area contributed by atoms with E-state index in [1.165, 1.54) is 0 Å². The normalized spacial score (nSPS) is 18.8. The molecule has 1 aromatic rings. The van der Waals surface area contributed by atoms with Crippen LogP contribution in [-0.4, -0.2) is 24.3 Å². The molecule has 0 spiro atoms. The molecule has 1 aromatic carbocycles. The highest BCUT2D eigenvalue weighted by molar-refractivity contribution is 7.99. The van der Waals surface area contributed by atoms with Crippen LogP contribution in [-0.2, 0) is 4.79 Å². The Hall–Kier alpha value is -1.14. The lowest BCUT2D eigenvalue weighted by atomic mass is 10.1. The molecule has 2 rings (SSSR count). The van der Waals surface area contributed by atoms with E-state index in [0.717, 1.165) is 19.4 Å². The van der Waals surface area contributed by atoms with E-state index in [-0.39, 0.29) is 11.9 Å². The topological polar surface area (TPSA) is 41.1 Å². The first kappa shape index (κ1) is 14.3. The Bertz CT molecular complexity index is 419. The highest BCUT2D eigenvalue weighted by Crippen LogP contribution is 2.26. The van der Waals surface area contributed by atoms with Gasteiger partial charge in [0.15, 0.2) is 0 Å². The molecule has 0 radical (unpaired) electrons. The summed E-state index contributed by atoms with van der Waals surface area (Å²) in [6.45, 7) is 0.970. The van der Waals surface area contributed by atoms with Crippen molar-refractivity contribution < 1.29 is 13.6 Å². The predicted molar refractivity (Wildman–Crippen MR) is 72.6 cm³/mol. The minimum absolute atomic E-state index is 0.0475. The lowest BCUT2D eigenvalue weighted by molar-refractivity contribution is -0.116. The average Bonchev–Trinajstić information content (AvgIpc) is 2.83. The average molecular weight is 286 g/mol. The number of thioether (sulfide) groups is 1. The Balaban J connectivity index is 1.82. The molecule has 1 aliphatic rings. The Morgan fingerprint density at radius 1 is 1.42 bits per heavy atom. The number of hydrogen-bond donors (Lipinski definition) is 2. The highest BCUT2D eigenvalue weighted by Gasteiger charge is 2.17. The minimum Gasteiger partial charge on any atom is -0.326 e. The zero-order valence-corrected chi connectivity index (χ0v) is 11.2. The molecular weight excluding hydrogens is 270 g/mol. The molecule has 2 N–H and O–H groups in total. The van der Waals surface area contributed by atoms with Gasteiger partial charge < -0.3 is 10.6 Å². The van der Waals surface area contributed by atoms with Gasteiger partial charge in [-0.1, -0.05) is 11.8 Å². The maximum Gasteiger partial charge on any atom is 0.288 e. The molecular formula is C13H16F2N2OS. The first-order valence-corrected chi connectivity index (χ1v) is 7.09. The van der Waals surface area contributed by atoms with Crippen molar-refractivity contribution in [3.05, 3.63) is 24.3 Å². The van der Waals surface area contributed by atoms with Crippen LogP contribution in [0.15, 0.2) is 29.2 Å². The Morgan fingerprint density at radius 3 is 2.74 bits per heavy atom. The molecule has 1 heterocycles. The largest absolute Gasteiger partial charge is 0.326 e. The van der Waals surface area contributed by atoms with Gasteiger partial charge in [-0.3, -0.25) is 4.79 Å². The van der Waals surface area contributed by atoms with E-state index in [1.54, 1.807) is 24.3 Å². The quantitative estimate of drug-likeness (QED) is 0.817. The van der Waals surface area contributed by atoms with Crippen LogP contribution < -0.4 is 10.6 Å². The summed E-state index contributed by atoms with van der Waals surface area (Å²) in [6, 6.07) is 6.71. The Labute approximate surface area is 115 Å². The molecule has 104 valence electrons. The molecule has 1 aliphatic heterocycles. The first-order valence-electron chi connectivity index (χ1n) is 6.21. The minimum atomic E-state index is -2.42. The number of amides is 1. The van der Waals surface area contributed by atoms with Crippen LogP contribution in [0.1, 0.15) is 19.3 Å². The van der Waals surface area contributed by atoms with Gasteiger partial charge in [-0.25, -0.2) is 0 Å². The second kappa shape index (κ2) is 6.86. The molecule has 1 saturated heterocycles. The Morgan fingerprint density at radius 2 is 2.16 bits per heavy atom. The molecule has 1 fully saturated rings. The van der Waals surface area contributed by atoms with Gasteiger partial charge in [0.25, 0.3) is 5.76 Å². The van der Waals surface area contributed by atoms with Crippen LogP contribution >= 0.6 is 11.8 Å². The fourth-order valence-electron chi connectivity index (χ4n) is 2.09. The smallest absolute Gasteiger partial charge is 0.288 e. The van der Waals surface area contributed by atoms with Crippen LogP contribution in [0.4, 0.5) is 14.5 Å². The monoisotopic (exact) mass is 286 g/mol. The lowest BCUT2D eigenvalue weighted by Crippen LogP contribution is -2.27. The van der Waals surface area contributed by atoms with E-state index in [9.17, 15) is 13.6 Å². The molecule has 0 aromatic heterocycles. The number of hydrogen-bond acceptors (Lipinski definition) is 3. The fourth-order valence-corrected chi connectivity index (χ4v) is 2.59. The van der Waals surface area contributed by atoms with Crippen molar-refractivity contribution in [2.24, 2.45) is 0 Å². The summed E-state index contributed by atoms with van der Waals surface area (Å²) < 4.78 is 24.3. The molecule has 1 atom stereocenters. The van der Waals surface area contributed by atoms with Crippen molar-refractivity contribution in [3.8, 4) is 0 Å². The molecule has 0 bridgehead atoms. The Kier molecular flexibility index (Phi) is 5.15. The third kappa shape index (κ3) is 4.80. The van der Waals surface area contributed by atoms with Crippen LogP contribution in [0.3, 0.4) is 0 Å².